The minimum absolute atomic E-state index is 0. The smallest absolute Gasteiger partial charge is 0.340 e. The van der Waals surface area contributed by atoms with Gasteiger partial charge in [0.2, 0.25) is 0 Å². The SMILES string of the molecule is CCOC(=O)C1=CN(C(=O)c2ccc(F)c(F)c2)CC(C)(C)c2[nH]ncc21.[HH]. The number of carbonyl (C=O) groups is 2. The monoisotopic (exact) mass is 377 g/mol. The van der Waals surface area contributed by atoms with Crippen molar-refractivity contribution in [2.24, 2.45) is 0 Å². The van der Waals surface area contributed by atoms with Crippen LogP contribution in [0.5, 0.6) is 0 Å². The largest absolute Gasteiger partial charge is 0.462 e. The van der Waals surface area contributed by atoms with E-state index in [1.54, 1.807) is 6.92 Å². The Bertz CT molecular complexity index is 940. The van der Waals surface area contributed by atoms with Gasteiger partial charge in [-0.25, -0.2) is 13.6 Å². The lowest BCUT2D eigenvalue weighted by atomic mass is 9.86. The fourth-order valence-electron chi connectivity index (χ4n) is 3.08. The summed E-state index contributed by atoms with van der Waals surface area (Å²) >= 11 is 0. The summed E-state index contributed by atoms with van der Waals surface area (Å²) in [6.45, 7) is 5.82. The highest BCUT2D eigenvalue weighted by Crippen LogP contribution is 2.34. The Morgan fingerprint density at radius 3 is 2.74 bits per heavy atom. The van der Waals surface area contributed by atoms with E-state index in [-0.39, 0.29) is 25.7 Å². The zero-order valence-corrected chi connectivity index (χ0v) is 15.2. The average Bonchev–Trinajstić information content (AvgIpc) is 3.07. The number of nitrogens with one attached hydrogen (secondary N) is 1. The molecule has 0 bridgehead atoms. The fraction of sp³-hybridized carbons (Fsp3) is 0.316. The van der Waals surface area contributed by atoms with Crippen LogP contribution in [0, 0.1) is 11.6 Å². The summed E-state index contributed by atoms with van der Waals surface area (Å²) in [5.41, 5.74) is 0.793. The zero-order valence-electron chi connectivity index (χ0n) is 15.2. The number of H-pyrrole nitrogens is 1. The van der Waals surface area contributed by atoms with Gasteiger partial charge in [-0.15, -0.1) is 0 Å². The van der Waals surface area contributed by atoms with E-state index in [0.717, 1.165) is 12.1 Å². The molecule has 1 aromatic heterocycles. The van der Waals surface area contributed by atoms with Crippen molar-refractivity contribution < 1.29 is 24.5 Å². The first-order valence-corrected chi connectivity index (χ1v) is 8.43. The molecule has 144 valence electrons. The molecule has 1 aliphatic heterocycles. The lowest BCUT2D eigenvalue weighted by molar-refractivity contribution is -0.136. The summed E-state index contributed by atoms with van der Waals surface area (Å²) in [6, 6.07) is 2.94. The molecule has 1 aliphatic rings. The van der Waals surface area contributed by atoms with Crippen LogP contribution in [0.2, 0.25) is 0 Å². The van der Waals surface area contributed by atoms with Crippen molar-refractivity contribution in [3.63, 3.8) is 0 Å². The molecule has 0 spiro atoms. The second-order valence-corrected chi connectivity index (χ2v) is 6.87. The Morgan fingerprint density at radius 2 is 2.07 bits per heavy atom. The average molecular weight is 377 g/mol. The van der Waals surface area contributed by atoms with E-state index in [0.29, 0.717) is 11.3 Å². The first kappa shape index (κ1) is 18.8. The van der Waals surface area contributed by atoms with Crippen LogP contribution in [0.3, 0.4) is 0 Å². The minimum atomic E-state index is -1.11. The lowest BCUT2D eigenvalue weighted by Gasteiger charge is -2.28. The van der Waals surface area contributed by atoms with Crippen LogP contribution in [-0.4, -0.2) is 40.1 Å². The summed E-state index contributed by atoms with van der Waals surface area (Å²) in [5.74, 6) is -3.30. The van der Waals surface area contributed by atoms with Gasteiger partial charge in [0.1, 0.15) is 0 Å². The molecule has 8 heteroatoms. The fourth-order valence-corrected chi connectivity index (χ4v) is 3.08. The van der Waals surface area contributed by atoms with Gasteiger partial charge in [-0.05, 0) is 25.1 Å². The maximum Gasteiger partial charge on any atom is 0.340 e. The number of benzene rings is 1. The molecule has 6 nitrogen and oxygen atoms in total. The summed E-state index contributed by atoms with van der Waals surface area (Å²) in [4.78, 5) is 26.7. The Balaban J connectivity index is 0.00000280. The molecule has 2 aromatic rings. The van der Waals surface area contributed by atoms with Gasteiger partial charge in [-0.2, -0.15) is 5.10 Å². The molecular formula is C19H21F2N3O3. The third-order valence-corrected chi connectivity index (χ3v) is 4.38. The molecule has 1 amide bonds. The molecule has 27 heavy (non-hydrogen) atoms. The number of halogens is 2. The molecule has 0 saturated carbocycles. The third kappa shape index (κ3) is 3.47. The van der Waals surface area contributed by atoms with Gasteiger partial charge >= 0.3 is 5.97 Å². The number of hydrogen-bond acceptors (Lipinski definition) is 4. The molecule has 1 N–H and O–H groups in total. The van der Waals surface area contributed by atoms with Gasteiger partial charge in [-0.3, -0.25) is 9.89 Å². The topological polar surface area (TPSA) is 75.3 Å². The van der Waals surface area contributed by atoms with E-state index < -0.39 is 28.9 Å². The maximum absolute atomic E-state index is 13.6. The molecule has 2 heterocycles. The van der Waals surface area contributed by atoms with Crippen molar-refractivity contribution in [2.45, 2.75) is 26.2 Å². The molecule has 1 aromatic carbocycles. The molecule has 0 saturated heterocycles. The molecule has 0 fully saturated rings. The van der Waals surface area contributed by atoms with E-state index in [1.165, 1.54) is 23.4 Å². The third-order valence-electron chi connectivity index (χ3n) is 4.38. The summed E-state index contributed by atoms with van der Waals surface area (Å²) in [7, 11) is 0. The highest BCUT2D eigenvalue weighted by Gasteiger charge is 2.36. The zero-order chi connectivity index (χ0) is 19.8. The standard InChI is InChI=1S/C19H19F2N3O3.H2/c1-4-27-18(26)13-9-24(10-19(2,3)16-12(13)8-22-23-16)17(25)11-5-6-14(20)15(21)7-11;/h5-9H,4,10H2,1-3H3,(H,22,23);1H. The number of nitrogens with zero attached hydrogens (tertiary/aromatic N) is 2. The van der Waals surface area contributed by atoms with Crippen molar-refractivity contribution >= 4 is 17.4 Å². The van der Waals surface area contributed by atoms with Crippen LogP contribution in [0.1, 0.15) is 43.8 Å². The van der Waals surface area contributed by atoms with Gasteiger partial charge in [0, 0.05) is 30.7 Å². The first-order valence-electron chi connectivity index (χ1n) is 8.43. The van der Waals surface area contributed by atoms with Crippen molar-refractivity contribution in [3.8, 4) is 0 Å². The van der Waals surface area contributed by atoms with E-state index in [9.17, 15) is 18.4 Å². The number of fused-ring (bicyclic) bond motifs is 1. The number of carbonyl (C=O) groups excluding carboxylic acids is 2. The van der Waals surface area contributed by atoms with Crippen LogP contribution in [0.15, 0.2) is 30.6 Å². The molecule has 0 radical (unpaired) electrons. The van der Waals surface area contributed by atoms with Gasteiger partial charge < -0.3 is 9.64 Å². The summed E-state index contributed by atoms with van der Waals surface area (Å²) in [5, 5.41) is 6.90. The number of rotatable bonds is 3. The predicted octanol–water partition coefficient (Wildman–Crippen LogP) is 3.27. The van der Waals surface area contributed by atoms with Crippen LogP contribution < -0.4 is 0 Å². The molecule has 0 unspecified atom stereocenters. The number of esters is 1. The molecule has 0 atom stereocenters. The number of aromatic nitrogens is 2. The van der Waals surface area contributed by atoms with Crippen LogP contribution in [-0.2, 0) is 14.9 Å². The highest BCUT2D eigenvalue weighted by molar-refractivity contribution is 6.17. The number of aromatic amines is 1. The first-order chi connectivity index (χ1) is 12.7. The Morgan fingerprint density at radius 1 is 1.33 bits per heavy atom. The van der Waals surface area contributed by atoms with Gasteiger partial charge in [-0.1, -0.05) is 13.8 Å². The Labute approximate surface area is 156 Å². The lowest BCUT2D eigenvalue weighted by Crippen LogP contribution is -2.37. The predicted molar refractivity (Wildman–Crippen MR) is 95.7 cm³/mol. The van der Waals surface area contributed by atoms with Crippen LogP contribution in [0.4, 0.5) is 8.78 Å². The van der Waals surface area contributed by atoms with E-state index >= 15 is 0 Å². The van der Waals surface area contributed by atoms with E-state index in [4.69, 9.17) is 4.74 Å². The Kier molecular flexibility index (Phi) is 4.82. The van der Waals surface area contributed by atoms with E-state index in [1.807, 2.05) is 13.8 Å². The van der Waals surface area contributed by atoms with Crippen LogP contribution >= 0.6 is 0 Å². The normalized spacial score (nSPS) is 15.6. The quantitative estimate of drug-likeness (QED) is 0.833. The van der Waals surface area contributed by atoms with Crippen molar-refractivity contribution in [1.82, 2.24) is 15.1 Å². The van der Waals surface area contributed by atoms with Crippen LogP contribution in [0.25, 0.3) is 5.57 Å². The van der Waals surface area contributed by atoms with Crippen molar-refractivity contribution in [3.05, 3.63) is 59.1 Å². The van der Waals surface area contributed by atoms with Gasteiger partial charge in [0.05, 0.1) is 24.1 Å². The Hall–Kier alpha value is -3.03. The molecule has 3 rings (SSSR count). The van der Waals surface area contributed by atoms with Gasteiger partial charge in [0.25, 0.3) is 5.91 Å². The van der Waals surface area contributed by atoms with E-state index in [2.05, 4.69) is 10.2 Å². The maximum atomic E-state index is 13.6. The number of ether oxygens (including phenoxy) is 1. The molecular weight excluding hydrogens is 356 g/mol. The summed E-state index contributed by atoms with van der Waals surface area (Å²) in [6.07, 6.45) is 2.88. The highest BCUT2D eigenvalue weighted by atomic mass is 19.2. The second kappa shape index (κ2) is 6.94. The second-order valence-electron chi connectivity index (χ2n) is 6.87. The summed E-state index contributed by atoms with van der Waals surface area (Å²) < 4.78 is 31.9. The van der Waals surface area contributed by atoms with Crippen molar-refractivity contribution in [1.29, 1.82) is 0 Å². The van der Waals surface area contributed by atoms with Gasteiger partial charge in [0.15, 0.2) is 11.6 Å². The minimum Gasteiger partial charge on any atom is -0.462 e. The molecule has 0 aliphatic carbocycles. The van der Waals surface area contributed by atoms with Crippen molar-refractivity contribution in [2.75, 3.05) is 13.2 Å². The number of hydrogen-bond donors (Lipinski definition) is 1. The number of amides is 1.